The zero-order valence-corrected chi connectivity index (χ0v) is 8.09. The summed E-state index contributed by atoms with van der Waals surface area (Å²) in [5.41, 5.74) is -1.61. The van der Waals surface area contributed by atoms with Gasteiger partial charge in [0, 0.05) is 18.9 Å². The number of hydrogen-bond acceptors (Lipinski definition) is 2. The number of alkyl halides is 3. The first-order valence-corrected chi connectivity index (χ1v) is 4.83. The molecule has 84 valence electrons. The summed E-state index contributed by atoms with van der Waals surface area (Å²) in [6.45, 7) is 0.756. The molecule has 1 fully saturated rings. The maximum absolute atomic E-state index is 12.5. The van der Waals surface area contributed by atoms with Crippen LogP contribution in [-0.4, -0.2) is 28.0 Å². The van der Waals surface area contributed by atoms with Crippen molar-refractivity contribution in [1.29, 1.82) is 0 Å². The molecule has 1 aliphatic carbocycles. The zero-order chi connectivity index (χ0) is 10.9. The summed E-state index contributed by atoms with van der Waals surface area (Å²) in [7, 11) is 0. The minimum absolute atomic E-state index is 0.190. The van der Waals surface area contributed by atoms with E-state index in [1.54, 1.807) is 23.1 Å². The molecule has 1 saturated carbocycles. The van der Waals surface area contributed by atoms with Crippen molar-refractivity contribution >= 4 is 0 Å². The number of halogens is 3. The van der Waals surface area contributed by atoms with Gasteiger partial charge in [-0.1, -0.05) is 0 Å². The molecule has 1 heterocycles. The Kier molecular flexibility index (Phi) is 2.46. The molecule has 1 aliphatic rings. The third kappa shape index (κ3) is 2.14. The Hall–Kier alpha value is -1.04. The summed E-state index contributed by atoms with van der Waals surface area (Å²) in [5, 5.41) is 6.48. The second kappa shape index (κ2) is 3.52. The molecule has 0 aliphatic heterocycles. The minimum Gasteiger partial charge on any atom is -0.302 e. The third-order valence-electron chi connectivity index (χ3n) is 2.66. The summed E-state index contributed by atoms with van der Waals surface area (Å²) in [4.78, 5) is 0. The Morgan fingerprint density at radius 2 is 2.13 bits per heavy atom. The highest BCUT2D eigenvalue weighted by atomic mass is 19.4. The fraction of sp³-hybridized carbons (Fsp3) is 0.667. The van der Waals surface area contributed by atoms with Gasteiger partial charge in [-0.2, -0.15) is 18.3 Å². The van der Waals surface area contributed by atoms with E-state index >= 15 is 0 Å². The average Bonchev–Trinajstić information content (AvgIpc) is 2.75. The molecule has 1 N–H and O–H groups in total. The van der Waals surface area contributed by atoms with Crippen LogP contribution >= 0.6 is 0 Å². The van der Waals surface area contributed by atoms with Crippen LogP contribution in [-0.2, 0) is 6.54 Å². The molecule has 1 aromatic rings. The van der Waals surface area contributed by atoms with Gasteiger partial charge in [0.15, 0.2) is 0 Å². The standard InChI is InChI=1S/C9H12F3N3/c10-9(11,12)8(2-3-8)13-5-7-15-6-1-4-14-15/h1,4,6,13H,2-3,5,7H2. The van der Waals surface area contributed by atoms with E-state index in [1.165, 1.54) is 0 Å². The molecule has 15 heavy (non-hydrogen) atoms. The second-order valence-corrected chi connectivity index (χ2v) is 3.78. The lowest BCUT2D eigenvalue weighted by Gasteiger charge is -2.20. The molecule has 0 aromatic carbocycles. The van der Waals surface area contributed by atoms with Gasteiger partial charge in [-0.3, -0.25) is 4.68 Å². The summed E-state index contributed by atoms with van der Waals surface area (Å²) in [5.74, 6) is 0. The fourth-order valence-corrected chi connectivity index (χ4v) is 1.53. The van der Waals surface area contributed by atoms with Crippen LogP contribution < -0.4 is 5.32 Å². The molecular formula is C9H12F3N3. The SMILES string of the molecule is FC(F)(F)C1(NCCn2cccn2)CC1. The van der Waals surface area contributed by atoms with Crippen molar-refractivity contribution in [1.82, 2.24) is 15.1 Å². The van der Waals surface area contributed by atoms with Crippen LogP contribution in [0.5, 0.6) is 0 Å². The van der Waals surface area contributed by atoms with E-state index in [4.69, 9.17) is 0 Å². The molecule has 2 rings (SSSR count). The van der Waals surface area contributed by atoms with Crippen LogP contribution in [0.4, 0.5) is 13.2 Å². The molecule has 0 saturated heterocycles. The molecule has 0 atom stereocenters. The Balaban J connectivity index is 1.79. The number of nitrogens with one attached hydrogen (secondary N) is 1. The van der Waals surface area contributed by atoms with Crippen LogP contribution in [0.25, 0.3) is 0 Å². The van der Waals surface area contributed by atoms with Crippen molar-refractivity contribution < 1.29 is 13.2 Å². The van der Waals surface area contributed by atoms with Crippen LogP contribution in [0.2, 0.25) is 0 Å². The lowest BCUT2D eigenvalue weighted by atomic mass is 10.2. The predicted octanol–water partition coefficient (Wildman–Crippen LogP) is 1.57. The summed E-state index contributed by atoms with van der Waals surface area (Å²) in [6.07, 6.45) is -0.409. The number of hydrogen-bond donors (Lipinski definition) is 1. The highest BCUT2D eigenvalue weighted by molar-refractivity contribution is 5.07. The van der Waals surface area contributed by atoms with Crippen LogP contribution in [0.1, 0.15) is 12.8 Å². The monoisotopic (exact) mass is 219 g/mol. The van der Waals surface area contributed by atoms with E-state index in [9.17, 15) is 13.2 Å². The lowest BCUT2D eigenvalue weighted by molar-refractivity contribution is -0.165. The summed E-state index contributed by atoms with van der Waals surface area (Å²) in [6, 6.07) is 1.75. The van der Waals surface area contributed by atoms with Gasteiger partial charge >= 0.3 is 6.18 Å². The average molecular weight is 219 g/mol. The first-order valence-electron chi connectivity index (χ1n) is 4.83. The first-order chi connectivity index (χ1) is 7.04. The van der Waals surface area contributed by atoms with E-state index in [0.29, 0.717) is 13.1 Å². The van der Waals surface area contributed by atoms with Crippen molar-refractivity contribution in [2.45, 2.75) is 31.1 Å². The fourth-order valence-electron chi connectivity index (χ4n) is 1.53. The van der Waals surface area contributed by atoms with E-state index in [-0.39, 0.29) is 12.8 Å². The second-order valence-electron chi connectivity index (χ2n) is 3.78. The van der Waals surface area contributed by atoms with Crippen molar-refractivity contribution in [3.8, 4) is 0 Å². The maximum atomic E-state index is 12.5. The molecule has 0 amide bonds. The highest BCUT2D eigenvalue weighted by Crippen LogP contribution is 2.48. The Morgan fingerprint density at radius 3 is 2.60 bits per heavy atom. The van der Waals surface area contributed by atoms with Crippen molar-refractivity contribution in [2.75, 3.05) is 6.54 Å². The minimum atomic E-state index is -4.13. The molecule has 0 radical (unpaired) electrons. The van der Waals surface area contributed by atoms with Gasteiger partial charge in [0.05, 0.1) is 6.54 Å². The molecule has 0 bridgehead atoms. The molecule has 0 spiro atoms. The topological polar surface area (TPSA) is 29.9 Å². The quantitative estimate of drug-likeness (QED) is 0.833. The maximum Gasteiger partial charge on any atom is 0.406 e. The van der Waals surface area contributed by atoms with E-state index < -0.39 is 11.7 Å². The third-order valence-corrected chi connectivity index (χ3v) is 2.66. The van der Waals surface area contributed by atoms with E-state index in [2.05, 4.69) is 10.4 Å². The number of nitrogens with zero attached hydrogens (tertiary/aromatic N) is 2. The largest absolute Gasteiger partial charge is 0.406 e. The van der Waals surface area contributed by atoms with Gasteiger partial charge in [0.25, 0.3) is 0 Å². The number of aromatic nitrogens is 2. The molecular weight excluding hydrogens is 207 g/mol. The van der Waals surface area contributed by atoms with E-state index in [0.717, 1.165) is 0 Å². The van der Waals surface area contributed by atoms with Crippen molar-refractivity contribution in [2.24, 2.45) is 0 Å². The van der Waals surface area contributed by atoms with Gasteiger partial charge in [-0.15, -0.1) is 0 Å². The predicted molar refractivity (Wildman–Crippen MR) is 48.2 cm³/mol. The molecule has 1 aromatic heterocycles. The molecule has 3 nitrogen and oxygen atoms in total. The lowest BCUT2D eigenvalue weighted by Crippen LogP contribution is -2.46. The Bertz CT molecular complexity index is 314. The molecule has 0 unspecified atom stereocenters. The van der Waals surface area contributed by atoms with Crippen molar-refractivity contribution in [3.63, 3.8) is 0 Å². The van der Waals surface area contributed by atoms with Gasteiger partial charge in [-0.05, 0) is 18.9 Å². The van der Waals surface area contributed by atoms with Crippen LogP contribution in [0.3, 0.4) is 0 Å². The van der Waals surface area contributed by atoms with Gasteiger partial charge < -0.3 is 5.32 Å². The number of rotatable bonds is 4. The Morgan fingerprint density at radius 1 is 1.40 bits per heavy atom. The van der Waals surface area contributed by atoms with Crippen molar-refractivity contribution in [3.05, 3.63) is 18.5 Å². The van der Waals surface area contributed by atoms with Gasteiger partial charge in [-0.25, -0.2) is 0 Å². The zero-order valence-electron chi connectivity index (χ0n) is 8.09. The van der Waals surface area contributed by atoms with Gasteiger partial charge in [0.2, 0.25) is 0 Å². The highest BCUT2D eigenvalue weighted by Gasteiger charge is 2.62. The summed E-state index contributed by atoms with van der Waals surface area (Å²) >= 11 is 0. The van der Waals surface area contributed by atoms with Crippen LogP contribution in [0, 0.1) is 0 Å². The first kappa shape index (κ1) is 10.5. The normalized spacial score (nSPS) is 19.1. The van der Waals surface area contributed by atoms with E-state index in [1.807, 2.05) is 0 Å². The summed E-state index contributed by atoms with van der Waals surface area (Å²) < 4.78 is 39.0. The Labute approximate surface area is 85.3 Å². The molecule has 6 heteroatoms. The van der Waals surface area contributed by atoms with Crippen LogP contribution in [0.15, 0.2) is 18.5 Å². The van der Waals surface area contributed by atoms with Gasteiger partial charge in [0.1, 0.15) is 5.54 Å². The smallest absolute Gasteiger partial charge is 0.302 e.